The van der Waals surface area contributed by atoms with Gasteiger partial charge in [0, 0.05) is 21.0 Å². The molecule has 1 aliphatic heterocycles. The molecule has 3 aromatic rings. The monoisotopic (exact) mass is 508 g/mol. The highest BCUT2D eigenvalue weighted by Crippen LogP contribution is 2.45. The number of ether oxygens (including phenoxy) is 1. The van der Waals surface area contributed by atoms with Crippen LogP contribution >= 0.6 is 27.7 Å². The van der Waals surface area contributed by atoms with Gasteiger partial charge in [-0.05, 0) is 89.9 Å². The van der Waals surface area contributed by atoms with Gasteiger partial charge in [-0.15, -0.1) is 11.8 Å². The topological polar surface area (TPSA) is 46.5 Å². The first-order chi connectivity index (χ1) is 15.4. The van der Waals surface area contributed by atoms with Gasteiger partial charge in [0.25, 0.3) is 0 Å². The van der Waals surface area contributed by atoms with Crippen LogP contribution in [0.4, 0.5) is 0 Å². The number of hydrogen-bond acceptors (Lipinski definition) is 3. The van der Waals surface area contributed by atoms with Crippen LogP contribution in [-0.2, 0) is 11.2 Å². The Labute approximate surface area is 201 Å². The normalized spacial score (nSPS) is 19.0. The SMILES string of the molecule is Cc1cc(Br)cc(C)c1-c1cccc2c1CCC2Oc1ccc2c(c1)SCC2CC(=O)O. The van der Waals surface area contributed by atoms with E-state index in [2.05, 4.69) is 72.2 Å². The van der Waals surface area contributed by atoms with Crippen molar-refractivity contribution in [1.82, 2.24) is 0 Å². The van der Waals surface area contributed by atoms with Gasteiger partial charge in [-0.2, -0.15) is 0 Å². The van der Waals surface area contributed by atoms with Gasteiger partial charge >= 0.3 is 5.97 Å². The molecule has 5 rings (SSSR count). The number of carbonyl (C=O) groups is 1. The van der Waals surface area contributed by atoms with Gasteiger partial charge in [-0.3, -0.25) is 4.79 Å². The summed E-state index contributed by atoms with van der Waals surface area (Å²) >= 11 is 5.35. The van der Waals surface area contributed by atoms with Crippen molar-refractivity contribution in [3.63, 3.8) is 0 Å². The van der Waals surface area contributed by atoms with Crippen molar-refractivity contribution in [3.05, 3.63) is 80.8 Å². The molecule has 1 aliphatic carbocycles. The minimum absolute atomic E-state index is 0.0419. The molecule has 0 fully saturated rings. The van der Waals surface area contributed by atoms with E-state index in [1.165, 1.54) is 33.4 Å². The lowest BCUT2D eigenvalue weighted by atomic mass is 9.91. The number of aliphatic carboxylic acids is 1. The molecular formula is C27H25BrO3S. The summed E-state index contributed by atoms with van der Waals surface area (Å²) in [4.78, 5) is 12.3. The smallest absolute Gasteiger partial charge is 0.303 e. The third kappa shape index (κ3) is 3.97. The van der Waals surface area contributed by atoms with Crippen LogP contribution in [0.15, 0.2) is 57.9 Å². The summed E-state index contributed by atoms with van der Waals surface area (Å²) in [6, 6.07) is 17.1. The van der Waals surface area contributed by atoms with E-state index in [-0.39, 0.29) is 18.4 Å². The van der Waals surface area contributed by atoms with Gasteiger partial charge in [-0.25, -0.2) is 0 Å². The second-order valence-corrected chi connectivity index (χ2v) is 10.7. The molecule has 0 saturated carbocycles. The lowest BCUT2D eigenvalue weighted by Gasteiger charge is -2.18. The van der Waals surface area contributed by atoms with Crippen LogP contribution in [0.2, 0.25) is 0 Å². The highest BCUT2D eigenvalue weighted by Gasteiger charge is 2.29. The maximum atomic E-state index is 11.1. The first-order valence-electron chi connectivity index (χ1n) is 10.9. The van der Waals surface area contributed by atoms with Gasteiger partial charge in [0.05, 0.1) is 6.42 Å². The fraction of sp³-hybridized carbons (Fsp3) is 0.296. The number of hydrogen-bond donors (Lipinski definition) is 1. The number of thioether (sulfide) groups is 1. The van der Waals surface area contributed by atoms with E-state index in [1.54, 1.807) is 11.8 Å². The molecule has 0 spiro atoms. The Morgan fingerprint density at radius 2 is 1.91 bits per heavy atom. The molecule has 32 heavy (non-hydrogen) atoms. The number of halogens is 1. The Morgan fingerprint density at radius 3 is 2.66 bits per heavy atom. The quantitative estimate of drug-likeness (QED) is 0.388. The van der Waals surface area contributed by atoms with Crippen molar-refractivity contribution >= 4 is 33.7 Å². The molecule has 2 atom stereocenters. The molecular weight excluding hydrogens is 484 g/mol. The maximum Gasteiger partial charge on any atom is 0.303 e. The highest BCUT2D eigenvalue weighted by atomic mass is 79.9. The van der Waals surface area contributed by atoms with Gasteiger partial charge in [0.1, 0.15) is 11.9 Å². The molecule has 0 radical (unpaired) electrons. The zero-order valence-corrected chi connectivity index (χ0v) is 20.6. The predicted molar refractivity (Wildman–Crippen MR) is 133 cm³/mol. The van der Waals surface area contributed by atoms with Crippen LogP contribution in [0.3, 0.4) is 0 Å². The molecule has 3 aromatic carbocycles. The number of carboxylic acids is 1. The average molecular weight is 509 g/mol. The van der Waals surface area contributed by atoms with Crippen molar-refractivity contribution in [2.75, 3.05) is 5.75 Å². The minimum Gasteiger partial charge on any atom is -0.486 e. The Bertz CT molecular complexity index is 1200. The van der Waals surface area contributed by atoms with E-state index < -0.39 is 5.97 Å². The van der Waals surface area contributed by atoms with Gasteiger partial charge in [0.15, 0.2) is 0 Å². The lowest BCUT2D eigenvalue weighted by molar-refractivity contribution is -0.137. The Hall–Kier alpha value is -2.24. The van der Waals surface area contributed by atoms with Crippen molar-refractivity contribution in [2.45, 2.75) is 50.0 Å². The molecule has 2 aliphatic rings. The minimum atomic E-state index is -0.738. The summed E-state index contributed by atoms with van der Waals surface area (Å²) in [5.41, 5.74) is 9.01. The van der Waals surface area contributed by atoms with Crippen LogP contribution in [0.1, 0.15) is 52.7 Å². The molecule has 3 nitrogen and oxygen atoms in total. The van der Waals surface area contributed by atoms with Crippen LogP contribution < -0.4 is 4.74 Å². The fourth-order valence-corrected chi connectivity index (χ4v) is 7.15. The molecule has 2 unspecified atom stereocenters. The van der Waals surface area contributed by atoms with Crippen LogP contribution in [-0.4, -0.2) is 16.8 Å². The summed E-state index contributed by atoms with van der Waals surface area (Å²) in [5, 5.41) is 9.15. The van der Waals surface area contributed by atoms with Crippen molar-refractivity contribution in [2.24, 2.45) is 0 Å². The van der Waals surface area contributed by atoms with Crippen LogP contribution in [0, 0.1) is 13.8 Å². The van der Waals surface area contributed by atoms with Crippen LogP contribution in [0.5, 0.6) is 5.75 Å². The van der Waals surface area contributed by atoms with Crippen LogP contribution in [0.25, 0.3) is 11.1 Å². The number of benzene rings is 3. The summed E-state index contributed by atoms with van der Waals surface area (Å²) in [5.74, 6) is 1.05. The summed E-state index contributed by atoms with van der Waals surface area (Å²) in [7, 11) is 0. The molecule has 1 N–H and O–H groups in total. The number of aryl methyl sites for hydroxylation is 2. The number of rotatable bonds is 5. The van der Waals surface area contributed by atoms with Gasteiger partial charge in [0.2, 0.25) is 0 Å². The van der Waals surface area contributed by atoms with Gasteiger partial charge < -0.3 is 9.84 Å². The molecule has 0 saturated heterocycles. The molecule has 1 heterocycles. The first kappa shape index (κ1) is 21.6. The zero-order valence-electron chi connectivity index (χ0n) is 18.2. The Kier molecular flexibility index (Phi) is 5.81. The average Bonchev–Trinajstić information content (AvgIpc) is 3.32. The Balaban J connectivity index is 1.42. The fourth-order valence-electron chi connectivity index (χ4n) is 5.18. The Morgan fingerprint density at radius 1 is 1.12 bits per heavy atom. The predicted octanol–water partition coefficient (Wildman–Crippen LogP) is 7.46. The van der Waals surface area contributed by atoms with E-state index >= 15 is 0 Å². The maximum absolute atomic E-state index is 11.1. The lowest BCUT2D eigenvalue weighted by Crippen LogP contribution is -2.06. The van der Waals surface area contributed by atoms with Crippen molar-refractivity contribution < 1.29 is 14.6 Å². The number of carboxylic acid groups (broad SMARTS) is 1. The summed E-state index contributed by atoms with van der Waals surface area (Å²) in [6.45, 7) is 4.35. The highest BCUT2D eigenvalue weighted by molar-refractivity contribution is 9.10. The summed E-state index contributed by atoms with van der Waals surface area (Å²) < 4.78 is 7.59. The van der Waals surface area contributed by atoms with E-state index in [0.29, 0.717) is 0 Å². The second kappa shape index (κ2) is 8.60. The van der Waals surface area contributed by atoms with Crippen molar-refractivity contribution in [1.29, 1.82) is 0 Å². The number of fused-ring (bicyclic) bond motifs is 2. The molecule has 5 heteroatoms. The molecule has 0 aromatic heterocycles. The third-order valence-corrected chi connectivity index (χ3v) is 8.24. The van der Waals surface area contributed by atoms with E-state index in [9.17, 15) is 4.79 Å². The largest absolute Gasteiger partial charge is 0.486 e. The van der Waals surface area contributed by atoms with E-state index in [1.807, 2.05) is 6.07 Å². The third-order valence-electron chi connectivity index (χ3n) is 6.55. The molecule has 0 bridgehead atoms. The molecule has 0 amide bonds. The first-order valence-corrected chi connectivity index (χ1v) is 12.7. The molecule has 164 valence electrons. The van der Waals surface area contributed by atoms with Gasteiger partial charge in [-0.1, -0.05) is 40.2 Å². The van der Waals surface area contributed by atoms with E-state index in [0.717, 1.165) is 39.3 Å². The zero-order chi connectivity index (χ0) is 22.4. The van der Waals surface area contributed by atoms with E-state index in [4.69, 9.17) is 9.84 Å². The summed E-state index contributed by atoms with van der Waals surface area (Å²) in [6.07, 6.45) is 2.20. The second-order valence-electron chi connectivity index (χ2n) is 8.74. The van der Waals surface area contributed by atoms with Crippen molar-refractivity contribution in [3.8, 4) is 16.9 Å². The standard InChI is InChI=1S/C27H25BrO3S/c1-15-10-18(28)11-16(2)27(15)23-5-3-4-22-21(23)8-9-24(22)31-19-6-7-20-17(12-26(29)30)14-32-25(20)13-19/h3-7,10-11,13,17,24H,8-9,12,14H2,1-2H3,(H,29,30).